The van der Waals surface area contributed by atoms with E-state index in [1.54, 1.807) is 0 Å². The number of H-pyrrole nitrogens is 1. The maximum absolute atomic E-state index is 11.5. The number of hydrogen-bond acceptors (Lipinski definition) is 4. The second-order valence-corrected chi connectivity index (χ2v) is 3.55. The van der Waals surface area contributed by atoms with E-state index >= 15 is 0 Å². The van der Waals surface area contributed by atoms with Crippen molar-refractivity contribution in [3.05, 3.63) is 33.3 Å². The van der Waals surface area contributed by atoms with E-state index in [-0.39, 0.29) is 5.56 Å². The number of rotatable bonds is 1. The van der Waals surface area contributed by atoms with Gasteiger partial charge in [0.25, 0.3) is 0 Å². The second kappa shape index (κ2) is 3.52. The van der Waals surface area contributed by atoms with Gasteiger partial charge in [0.15, 0.2) is 5.58 Å². The van der Waals surface area contributed by atoms with Crippen LogP contribution in [0.4, 0.5) is 0 Å². The van der Waals surface area contributed by atoms with Crippen LogP contribution in [0.1, 0.15) is 21.6 Å². The Bertz CT molecular complexity index is 621. The van der Waals surface area contributed by atoms with Gasteiger partial charge in [0.1, 0.15) is 0 Å². The summed E-state index contributed by atoms with van der Waals surface area (Å²) in [5.41, 5.74) is 2.22. The molecule has 0 aliphatic rings. The highest BCUT2D eigenvalue weighted by Gasteiger charge is 2.17. The fourth-order valence-corrected chi connectivity index (χ4v) is 1.60. The van der Waals surface area contributed by atoms with Crippen molar-refractivity contribution in [1.29, 1.82) is 0 Å². The van der Waals surface area contributed by atoms with Crippen molar-refractivity contribution in [2.24, 2.45) is 0 Å². The predicted molar refractivity (Wildman–Crippen MR) is 57.6 cm³/mol. The molecule has 16 heavy (non-hydrogen) atoms. The molecule has 0 aliphatic heterocycles. The molecule has 0 unspecified atom stereocenters. The number of hydrogen-bond donors (Lipinski definition) is 1. The van der Waals surface area contributed by atoms with Crippen LogP contribution in [0.15, 0.2) is 15.3 Å². The summed E-state index contributed by atoms with van der Waals surface area (Å²) in [5.74, 6) is -0.556. The van der Waals surface area contributed by atoms with Gasteiger partial charge < -0.3 is 14.1 Å². The second-order valence-electron chi connectivity index (χ2n) is 3.55. The van der Waals surface area contributed by atoms with Crippen LogP contribution in [-0.4, -0.2) is 18.1 Å². The van der Waals surface area contributed by atoms with Crippen molar-refractivity contribution in [3.8, 4) is 0 Å². The number of methoxy groups -OCH3 is 1. The van der Waals surface area contributed by atoms with Crippen LogP contribution >= 0.6 is 0 Å². The number of fused-ring (bicyclic) bond motifs is 1. The highest BCUT2D eigenvalue weighted by molar-refractivity contribution is 6.02. The van der Waals surface area contributed by atoms with E-state index in [0.29, 0.717) is 11.1 Å². The van der Waals surface area contributed by atoms with Crippen molar-refractivity contribution in [2.45, 2.75) is 13.8 Å². The Morgan fingerprint density at radius 3 is 2.75 bits per heavy atom. The molecule has 0 bridgehead atoms. The first-order chi connectivity index (χ1) is 7.54. The summed E-state index contributed by atoms with van der Waals surface area (Å²) < 4.78 is 9.66. The zero-order valence-corrected chi connectivity index (χ0v) is 9.21. The van der Waals surface area contributed by atoms with Gasteiger partial charge >= 0.3 is 11.6 Å². The topological polar surface area (TPSA) is 72.3 Å². The van der Waals surface area contributed by atoms with E-state index < -0.39 is 11.6 Å². The highest BCUT2D eigenvalue weighted by Crippen LogP contribution is 2.22. The number of aryl methyl sites for hydroxylation is 2. The molecule has 0 atom stereocenters. The molecule has 0 saturated carbocycles. The average Bonchev–Trinajstić information content (AvgIpc) is 2.54. The molecule has 5 heteroatoms. The van der Waals surface area contributed by atoms with Gasteiger partial charge in [0.05, 0.1) is 18.2 Å². The van der Waals surface area contributed by atoms with Crippen LogP contribution in [0.2, 0.25) is 0 Å². The van der Waals surface area contributed by atoms with E-state index in [1.807, 2.05) is 13.8 Å². The van der Waals surface area contributed by atoms with Gasteiger partial charge in [-0.05, 0) is 13.8 Å². The average molecular weight is 221 g/mol. The number of esters is 1. The van der Waals surface area contributed by atoms with Crippen LogP contribution in [-0.2, 0) is 4.74 Å². The van der Waals surface area contributed by atoms with Crippen molar-refractivity contribution in [3.63, 3.8) is 0 Å². The molecule has 2 heterocycles. The molecule has 0 aliphatic carbocycles. The molecule has 5 nitrogen and oxygen atoms in total. The monoisotopic (exact) mass is 221 g/mol. The van der Waals surface area contributed by atoms with E-state index in [2.05, 4.69) is 9.72 Å². The minimum Gasteiger partial charge on any atom is -0.465 e. The van der Waals surface area contributed by atoms with E-state index in [0.717, 1.165) is 17.3 Å². The Morgan fingerprint density at radius 2 is 2.12 bits per heavy atom. The quantitative estimate of drug-likeness (QED) is 0.741. The van der Waals surface area contributed by atoms with Gasteiger partial charge in [-0.1, -0.05) is 0 Å². The molecule has 2 aromatic rings. The van der Waals surface area contributed by atoms with E-state index in [1.165, 1.54) is 7.11 Å². The molecule has 1 N–H and O–H groups in total. The summed E-state index contributed by atoms with van der Waals surface area (Å²) >= 11 is 0. The Balaban J connectivity index is 2.88. The Hall–Kier alpha value is -2.04. The van der Waals surface area contributed by atoms with Gasteiger partial charge in [-0.15, -0.1) is 0 Å². The first kappa shape index (κ1) is 10.5. The number of aromatic amines is 1. The summed E-state index contributed by atoms with van der Waals surface area (Å²) in [6.07, 6.45) is 0. The van der Waals surface area contributed by atoms with Gasteiger partial charge in [-0.2, -0.15) is 0 Å². The molecule has 84 valence electrons. The molecule has 0 spiro atoms. The van der Waals surface area contributed by atoms with Crippen molar-refractivity contribution < 1.29 is 13.9 Å². The molecule has 0 fully saturated rings. The third-order valence-electron chi connectivity index (χ3n) is 2.58. The largest absolute Gasteiger partial charge is 0.465 e. The fourth-order valence-electron chi connectivity index (χ4n) is 1.60. The predicted octanol–water partition coefficient (Wildman–Crippen LogP) is 1.52. The van der Waals surface area contributed by atoms with Crippen LogP contribution < -0.4 is 5.63 Å². The van der Waals surface area contributed by atoms with Crippen LogP contribution in [0.25, 0.3) is 11.1 Å². The first-order valence-corrected chi connectivity index (χ1v) is 4.76. The summed E-state index contributed by atoms with van der Waals surface area (Å²) in [7, 11) is 1.27. The number of nitrogens with one attached hydrogen (secondary N) is 1. The smallest absolute Gasteiger partial charge is 0.340 e. The summed E-state index contributed by atoms with van der Waals surface area (Å²) in [4.78, 5) is 25.8. The lowest BCUT2D eigenvalue weighted by Crippen LogP contribution is -2.07. The van der Waals surface area contributed by atoms with Crippen LogP contribution in [0.3, 0.4) is 0 Å². The first-order valence-electron chi connectivity index (χ1n) is 4.76. The fraction of sp³-hybridized carbons (Fsp3) is 0.273. The summed E-state index contributed by atoms with van der Waals surface area (Å²) in [5, 5.41) is 0. The Kier molecular flexibility index (Phi) is 2.30. The lowest BCUT2D eigenvalue weighted by atomic mass is 10.2. The number of carbonyl (C=O) groups is 1. The zero-order valence-electron chi connectivity index (χ0n) is 9.21. The lowest BCUT2D eigenvalue weighted by Gasteiger charge is -1.99. The highest BCUT2D eigenvalue weighted by atomic mass is 16.5. The van der Waals surface area contributed by atoms with E-state index in [4.69, 9.17) is 4.42 Å². The van der Waals surface area contributed by atoms with Gasteiger partial charge in [0, 0.05) is 17.3 Å². The SMILES string of the molecule is COC(=O)c1cc(=O)oc2c(C)c(C)[nH]c12. The molecule has 0 amide bonds. The van der Waals surface area contributed by atoms with E-state index in [9.17, 15) is 9.59 Å². The van der Waals surface area contributed by atoms with Crippen molar-refractivity contribution in [2.75, 3.05) is 7.11 Å². The normalized spacial score (nSPS) is 10.7. The summed E-state index contributed by atoms with van der Waals surface area (Å²) in [6.45, 7) is 3.66. The summed E-state index contributed by atoms with van der Waals surface area (Å²) in [6, 6.07) is 1.13. The minimum atomic E-state index is -0.560. The number of carbonyl (C=O) groups excluding carboxylic acids is 1. The van der Waals surface area contributed by atoms with Crippen molar-refractivity contribution >= 4 is 17.1 Å². The van der Waals surface area contributed by atoms with Gasteiger partial charge in [-0.25, -0.2) is 9.59 Å². The van der Waals surface area contributed by atoms with Crippen LogP contribution in [0.5, 0.6) is 0 Å². The molecule has 2 aromatic heterocycles. The minimum absolute atomic E-state index is 0.199. The zero-order chi connectivity index (χ0) is 11.9. The molecule has 0 radical (unpaired) electrons. The third kappa shape index (κ3) is 1.41. The van der Waals surface area contributed by atoms with Gasteiger partial charge in [0.2, 0.25) is 0 Å². The van der Waals surface area contributed by atoms with Crippen molar-refractivity contribution in [1.82, 2.24) is 4.98 Å². The standard InChI is InChI=1S/C11H11NO4/c1-5-6(2)12-9-7(11(14)15-3)4-8(13)16-10(5)9/h4,12H,1-3H3. The molecular weight excluding hydrogens is 210 g/mol. The van der Waals surface area contributed by atoms with Crippen LogP contribution in [0, 0.1) is 13.8 Å². The lowest BCUT2D eigenvalue weighted by molar-refractivity contribution is 0.0602. The molecular formula is C11H11NO4. The Morgan fingerprint density at radius 1 is 1.44 bits per heavy atom. The third-order valence-corrected chi connectivity index (χ3v) is 2.58. The maximum atomic E-state index is 11.5. The maximum Gasteiger partial charge on any atom is 0.340 e. The molecule has 0 aromatic carbocycles. The molecule has 2 rings (SSSR count). The Labute approximate surface area is 91.0 Å². The number of aromatic nitrogens is 1. The van der Waals surface area contributed by atoms with Gasteiger partial charge in [-0.3, -0.25) is 0 Å². The molecule has 0 saturated heterocycles. The number of ether oxygens (including phenoxy) is 1.